The van der Waals surface area contributed by atoms with Gasteiger partial charge in [-0.1, -0.05) is 41.4 Å². The maximum Gasteiger partial charge on any atom is 0.268 e. The Bertz CT molecular complexity index is 1920. The van der Waals surface area contributed by atoms with Crippen LogP contribution in [0, 0.1) is 18.7 Å². The molecule has 248 valence electrons. The predicted molar refractivity (Wildman–Crippen MR) is 182 cm³/mol. The van der Waals surface area contributed by atoms with Crippen LogP contribution in [0.15, 0.2) is 78.1 Å². The molecule has 0 amide bonds. The Balaban J connectivity index is 1.29. The molecule has 6 rings (SSSR count). The summed E-state index contributed by atoms with van der Waals surface area (Å²) in [6.45, 7) is 1.78. The van der Waals surface area contributed by atoms with Crippen molar-refractivity contribution in [2.45, 2.75) is 53.0 Å². The summed E-state index contributed by atoms with van der Waals surface area (Å²) in [4.78, 5) is 7.39. The van der Waals surface area contributed by atoms with E-state index in [1.54, 1.807) is 18.2 Å². The first-order chi connectivity index (χ1) is 22.3. The van der Waals surface area contributed by atoms with E-state index in [-0.39, 0.29) is 35.0 Å². The van der Waals surface area contributed by atoms with Crippen molar-refractivity contribution in [1.82, 2.24) is 9.97 Å². The number of alkyl halides is 2. The number of halogens is 4. The van der Waals surface area contributed by atoms with Gasteiger partial charge in [0, 0.05) is 47.3 Å². The highest BCUT2D eigenvalue weighted by Gasteiger charge is 2.78. The smallest absolute Gasteiger partial charge is 0.268 e. The van der Waals surface area contributed by atoms with Gasteiger partial charge in [-0.25, -0.2) is 27.1 Å². The SMILES string of the molecule is COc1ccc(CN(c2ccncn2)S(=O)(=O)c2cc(Cl)c(N[C@H]3C[C@H]4C(Cl)(Cl)[C@@]4(c4cccc(C)c4)C[C@@H]3N)cc2F)c(OC)c1. The van der Waals surface area contributed by atoms with Gasteiger partial charge in [-0.3, -0.25) is 0 Å². The number of aryl methyl sites for hydroxylation is 1. The average Bonchev–Trinajstić information content (AvgIpc) is 3.54. The van der Waals surface area contributed by atoms with Crippen LogP contribution in [0.3, 0.4) is 0 Å². The van der Waals surface area contributed by atoms with Crippen molar-refractivity contribution in [3.63, 3.8) is 0 Å². The first-order valence-corrected chi connectivity index (χ1v) is 17.4. The first-order valence-electron chi connectivity index (χ1n) is 14.8. The number of hydrogen-bond acceptors (Lipinski definition) is 8. The highest BCUT2D eigenvalue weighted by molar-refractivity contribution is 7.92. The van der Waals surface area contributed by atoms with Gasteiger partial charge in [0.05, 0.1) is 31.5 Å². The summed E-state index contributed by atoms with van der Waals surface area (Å²) in [6, 6.07) is 15.9. The Morgan fingerprint density at radius 3 is 2.57 bits per heavy atom. The zero-order chi connectivity index (χ0) is 33.7. The molecule has 3 N–H and O–H groups in total. The largest absolute Gasteiger partial charge is 0.497 e. The van der Waals surface area contributed by atoms with Gasteiger partial charge in [0.25, 0.3) is 10.0 Å². The van der Waals surface area contributed by atoms with Crippen LogP contribution in [0.5, 0.6) is 11.5 Å². The monoisotopic (exact) mass is 719 g/mol. The van der Waals surface area contributed by atoms with E-state index in [1.807, 2.05) is 25.1 Å². The number of hydrogen-bond donors (Lipinski definition) is 2. The second kappa shape index (κ2) is 12.6. The fourth-order valence-corrected chi connectivity index (χ4v) is 9.55. The molecule has 0 spiro atoms. The van der Waals surface area contributed by atoms with E-state index >= 15 is 4.39 Å². The van der Waals surface area contributed by atoms with E-state index in [1.165, 1.54) is 32.8 Å². The normalized spacial score (nSPS) is 23.0. The van der Waals surface area contributed by atoms with E-state index < -0.39 is 36.5 Å². The molecule has 0 saturated heterocycles. The standard InChI is InChI=1S/C33H33Cl3FN5O4S/c1-19-5-4-6-21(11-19)32-16-25(38)27(15-30(32)33(32,35)36)41-26-14-24(37)29(13-23(26)34)47(43,44)42(31-9-10-39-18-40-31)17-20-7-8-22(45-2)12-28(20)46-3/h4-14,18,25,27,30,41H,15-17,38H2,1-3H3/t25-,27-,30+,32+/m0/s1. The molecule has 47 heavy (non-hydrogen) atoms. The molecule has 0 unspecified atom stereocenters. The zero-order valence-electron chi connectivity index (χ0n) is 25.8. The summed E-state index contributed by atoms with van der Waals surface area (Å²) < 4.78 is 54.9. The summed E-state index contributed by atoms with van der Waals surface area (Å²) >= 11 is 20.4. The quantitative estimate of drug-likeness (QED) is 0.175. The molecule has 4 atom stereocenters. The van der Waals surface area contributed by atoms with Crippen molar-refractivity contribution in [3.05, 3.63) is 101 Å². The molecule has 3 aromatic carbocycles. The number of fused-ring (bicyclic) bond motifs is 1. The minimum absolute atomic E-state index is 0.00355. The number of benzene rings is 3. The van der Waals surface area contributed by atoms with Crippen molar-refractivity contribution >= 4 is 56.3 Å². The van der Waals surface area contributed by atoms with Crippen LogP contribution in [0.2, 0.25) is 5.02 Å². The summed E-state index contributed by atoms with van der Waals surface area (Å²) in [6.07, 6.45) is 3.60. The Kier molecular flexibility index (Phi) is 8.99. The van der Waals surface area contributed by atoms with Crippen molar-refractivity contribution < 1.29 is 22.3 Å². The Labute approximate surface area is 288 Å². The second-order valence-corrected chi connectivity index (χ2v) is 15.5. The highest BCUT2D eigenvalue weighted by Crippen LogP contribution is 2.75. The molecule has 2 saturated carbocycles. The van der Waals surface area contributed by atoms with Crippen molar-refractivity contribution in [2.75, 3.05) is 23.8 Å². The molecular weight excluding hydrogens is 688 g/mol. The molecule has 2 fully saturated rings. The molecule has 2 aliphatic carbocycles. The Hall–Kier alpha value is -3.35. The highest BCUT2D eigenvalue weighted by atomic mass is 35.5. The molecule has 2 aliphatic rings. The van der Waals surface area contributed by atoms with Gasteiger partial charge in [-0.2, -0.15) is 0 Å². The summed E-state index contributed by atoms with van der Waals surface area (Å²) in [5.41, 5.74) is 9.02. The summed E-state index contributed by atoms with van der Waals surface area (Å²) in [5, 5.41) is 3.24. The zero-order valence-corrected chi connectivity index (χ0v) is 28.8. The molecule has 4 aromatic rings. The van der Waals surface area contributed by atoms with E-state index in [0.29, 0.717) is 29.9 Å². The van der Waals surface area contributed by atoms with Gasteiger partial charge in [0.15, 0.2) is 0 Å². The molecule has 9 nitrogen and oxygen atoms in total. The lowest BCUT2D eigenvalue weighted by molar-refractivity contribution is 0.352. The van der Waals surface area contributed by atoms with Crippen molar-refractivity contribution in [3.8, 4) is 11.5 Å². The van der Waals surface area contributed by atoms with E-state index in [9.17, 15) is 8.42 Å². The average molecular weight is 721 g/mol. The first kappa shape index (κ1) is 33.5. The lowest BCUT2D eigenvalue weighted by Gasteiger charge is -2.35. The maximum absolute atomic E-state index is 15.9. The van der Waals surface area contributed by atoms with Crippen LogP contribution in [0.1, 0.15) is 29.5 Å². The molecule has 0 aliphatic heterocycles. The Morgan fingerprint density at radius 1 is 1.11 bits per heavy atom. The van der Waals surface area contributed by atoms with Crippen LogP contribution in [-0.2, 0) is 22.0 Å². The number of sulfonamides is 1. The van der Waals surface area contributed by atoms with Gasteiger partial charge in [0.1, 0.15) is 38.7 Å². The topological polar surface area (TPSA) is 120 Å². The third-order valence-corrected chi connectivity index (χ3v) is 12.5. The maximum atomic E-state index is 15.9. The van der Waals surface area contributed by atoms with Crippen LogP contribution in [0.4, 0.5) is 15.9 Å². The number of methoxy groups -OCH3 is 2. The van der Waals surface area contributed by atoms with Crippen LogP contribution < -0.4 is 24.8 Å². The molecule has 0 bridgehead atoms. The van der Waals surface area contributed by atoms with Gasteiger partial charge in [-0.15, -0.1) is 23.2 Å². The predicted octanol–water partition coefficient (Wildman–Crippen LogP) is 6.63. The number of nitrogens with zero attached hydrogens (tertiary/aromatic N) is 3. The number of nitrogens with one attached hydrogen (secondary N) is 1. The van der Waals surface area contributed by atoms with Gasteiger partial charge in [-0.05, 0) is 49.6 Å². The molecule has 1 heterocycles. The fourth-order valence-electron chi connectivity index (χ4n) is 6.72. The lowest BCUT2D eigenvalue weighted by atomic mass is 9.77. The van der Waals surface area contributed by atoms with Gasteiger partial charge >= 0.3 is 0 Å². The number of aromatic nitrogens is 2. The third-order valence-electron chi connectivity index (χ3n) is 9.20. The van der Waals surface area contributed by atoms with Gasteiger partial charge in [0.2, 0.25) is 0 Å². The molecule has 0 radical (unpaired) electrons. The van der Waals surface area contributed by atoms with Crippen LogP contribution in [-0.4, -0.2) is 49.0 Å². The number of ether oxygens (including phenoxy) is 2. The van der Waals surface area contributed by atoms with Crippen molar-refractivity contribution in [1.29, 1.82) is 0 Å². The lowest BCUT2D eigenvalue weighted by Crippen LogP contribution is -2.47. The van der Waals surface area contributed by atoms with Crippen LogP contribution >= 0.6 is 34.8 Å². The van der Waals surface area contributed by atoms with E-state index in [4.69, 9.17) is 50.0 Å². The Morgan fingerprint density at radius 2 is 1.89 bits per heavy atom. The molecule has 1 aromatic heterocycles. The van der Waals surface area contributed by atoms with Crippen molar-refractivity contribution in [2.24, 2.45) is 11.7 Å². The molecule has 14 heteroatoms. The summed E-state index contributed by atoms with van der Waals surface area (Å²) in [7, 11) is -1.59. The van der Waals surface area contributed by atoms with E-state index in [2.05, 4.69) is 21.4 Å². The number of anilines is 2. The number of rotatable bonds is 10. The number of nitrogens with two attached hydrogens (primary N) is 1. The fraction of sp³-hybridized carbons (Fsp3) is 0.333. The van der Waals surface area contributed by atoms with Gasteiger partial charge < -0.3 is 20.5 Å². The second-order valence-electron chi connectivity index (χ2n) is 11.9. The third kappa shape index (κ3) is 5.86. The minimum atomic E-state index is -4.56. The molecular formula is C33H33Cl3FN5O4S. The van der Waals surface area contributed by atoms with E-state index in [0.717, 1.165) is 27.6 Å². The van der Waals surface area contributed by atoms with Crippen LogP contribution in [0.25, 0.3) is 0 Å². The minimum Gasteiger partial charge on any atom is -0.497 e. The summed E-state index contributed by atoms with van der Waals surface area (Å²) in [5.74, 6) is -0.189.